The lowest BCUT2D eigenvalue weighted by atomic mass is 10.1. The maximum atomic E-state index is 13.4. The van der Waals surface area contributed by atoms with Crippen LogP contribution >= 0.6 is 0 Å². The Morgan fingerprint density at radius 3 is 2.21 bits per heavy atom. The minimum absolute atomic E-state index is 0.123. The van der Waals surface area contributed by atoms with Crippen LogP contribution in [0.25, 0.3) is 0 Å². The Morgan fingerprint density at radius 1 is 1.04 bits per heavy atom. The van der Waals surface area contributed by atoms with Crippen LogP contribution in [0, 0.1) is 11.6 Å². The van der Waals surface area contributed by atoms with Gasteiger partial charge < -0.3 is 4.90 Å². The number of halogens is 2. The van der Waals surface area contributed by atoms with E-state index >= 15 is 0 Å². The maximum Gasteiger partial charge on any atom is 0.261 e. The molecule has 0 radical (unpaired) electrons. The standard InChI is InChI=1S/C21H20F2N2O3/c1-13(14-9-10-17(22)18(23)12-14)24(2)19(26)8-5-11-25-20(27)15-6-3-4-7-16(15)21(25)28/h3-4,6-7,9-10,12-13H,5,8,11H2,1-2H3. The van der Waals surface area contributed by atoms with Crippen LogP contribution in [0.3, 0.4) is 0 Å². The molecule has 0 spiro atoms. The van der Waals surface area contributed by atoms with Crippen LogP contribution < -0.4 is 0 Å². The van der Waals surface area contributed by atoms with Crippen molar-refractivity contribution < 1.29 is 23.2 Å². The van der Waals surface area contributed by atoms with Gasteiger partial charge in [0.1, 0.15) is 0 Å². The molecule has 146 valence electrons. The summed E-state index contributed by atoms with van der Waals surface area (Å²) in [6.45, 7) is 1.86. The Bertz CT molecular complexity index is 910. The molecule has 3 amide bonds. The van der Waals surface area contributed by atoms with E-state index < -0.39 is 17.7 Å². The molecule has 1 heterocycles. The van der Waals surface area contributed by atoms with Gasteiger partial charge in [-0.2, -0.15) is 0 Å². The van der Waals surface area contributed by atoms with Gasteiger partial charge in [0.25, 0.3) is 11.8 Å². The van der Waals surface area contributed by atoms with Crippen molar-refractivity contribution in [1.82, 2.24) is 9.80 Å². The summed E-state index contributed by atoms with van der Waals surface area (Å²) in [5, 5.41) is 0. The summed E-state index contributed by atoms with van der Waals surface area (Å²) in [5.41, 5.74) is 1.24. The smallest absolute Gasteiger partial charge is 0.261 e. The molecule has 7 heteroatoms. The minimum Gasteiger partial charge on any atom is -0.339 e. The van der Waals surface area contributed by atoms with Crippen molar-refractivity contribution in [2.24, 2.45) is 0 Å². The summed E-state index contributed by atoms with van der Waals surface area (Å²) >= 11 is 0. The fraction of sp³-hybridized carbons (Fsp3) is 0.286. The van der Waals surface area contributed by atoms with E-state index in [4.69, 9.17) is 0 Å². The molecule has 0 fully saturated rings. The van der Waals surface area contributed by atoms with Crippen molar-refractivity contribution in [3.05, 3.63) is 70.8 Å². The molecule has 1 atom stereocenters. The highest BCUT2D eigenvalue weighted by Crippen LogP contribution is 2.24. The molecular formula is C21H20F2N2O3. The number of hydrogen-bond donors (Lipinski definition) is 0. The van der Waals surface area contributed by atoms with E-state index in [0.29, 0.717) is 23.1 Å². The van der Waals surface area contributed by atoms with Gasteiger partial charge in [-0.25, -0.2) is 8.78 Å². The predicted molar refractivity (Wildman–Crippen MR) is 98.6 cm³/mol. The first kappa shape index (κ1) is 19.7. The largest absolute Gasteiger partial charge is 0.339 e. The number of imide groups is 1. The molecule has 1 aliphatic rings. The first-order chi connectivity index (χ1) is 13.3. The van der Waals surface area contributed by atoms with Crippen molar-refractivity contribution in [3.63, 3.8) is 0 Å². The molecule has 0 aromatic heterocycles. The molecule has 0 bridgehead atoms. The van der Waals surface area contributed by atoms with E-state index in [1.54, 1.807) is 38.2 Å². The number of nitrogens with zero attached hydrogens (tertiary/aromatic N) is 2. The van der Waals surface area contributed by atoms with Crippen molar-refractivity contribution in [3.8, 4) is 0 Å². The maximum absolute atomic E-state index is 13.4. The first-order valence-corrected chi connectivity index (χ1v) is 8.97. The van der Waals surface area contributed by atoms with E-state index in [0.717, 1.165) is 17.0 Å². The van der Waals surface area contributed by atoms with Crippen LogP contribution in [0.15, 0.2) is 42.5 Å². The van der Waals surface area contributed by atoms with Crippen LogP contribution in [0.1, 0.15) is 52.1 Å². The molecule has 1 unspecified atom stereocenters. The normalized spacial score (nSPS) is 14.2. The van der Waals surface area contributed by atoms with Crippen LogP contribution in [0.4, 0.5) is 8.78 Å². The molecule has 2 aromatic carbocycles. The van der Waals surface area contributed by atoms with Crippen molar-refractivity contribution >= 4 is 17.7 Å². The highest BCUT2D eigenvalue weighted by molar-refractivity contribution is 6.21. The van der Waals surface area contributed by atoms with Gasteiger partial charge in [0.2, 0.25) is 5.91 Å². The molecule has 1 aliphatic heterocycles. The van der Waals surface area contributed by atoms with Gasteiger partial charge in [-0.05, 0) is 43.2 Å². The number of fused-ring (bicyclic) bond motifs is 1. The molecular weight excluding hydrogens is 366 g/mol. The van der Waals surface area contributed by atoms with Gasteiger partial charge in [-0.1, -0.05) is 18.2 Å². The lowest BCUT2D eigenvalue weighted by molar-refractivity contribution is -0.132. The van der Waals surface area contributed by atoms with E-state index in [-0.39, 0.29) is 30.7 Å². The zero-order valence-corrected chi connectivity index (χ0v) is 15.6. The molecule has 0 saturated carbocycles. The van der Waals surface area contributed by atoms with Crippen molar-refractivity contribution in [2.75, 3.05) is 13.6 Å². The van der Waals surface area contributed by atoms with Crippen molar-refractivity contribution in [1.29, 1.82) is 0 Å². The lowest BCUT2D eigenvalue weighted by Crippen LogP contribution is -2.33. The van der Waals surface area contributed by atoms with Gasteiger partial charge in [0.15, 0.2) is 11.6 Å². The summed E-state index contributed by atoms with van der Waals surface area (Å²) in [5.74, 6) is -2.82. The van der Waals surface area contributed by atoms with Gasteiger partial charge in [-0.15, -0.1) is 0 Å². The second-order valence-electron chi connectivity index (χ2n) is 6.77. The Balaban J connectivity index is 1.56. The summed E-state index contributed by atoms with van der Waals surface area (Å²) in [7, 11) is 1.58. The van der Waals surface area contributed by atoms with E-state index in [1.165, 1.54) is 11.0 Å². The van der Waals surface area contributed by atoms with Crippen LogP contribution in [0.5, 0.6) is 0 Å². The summed E-state index contributed by atoms with van der Waals surface area (Å²) < 4.78 is 26.5. The van der Waals surface area contributed by atoms with Gasteiger partial charge >= 0.3 is 0 Å². The number of amides is 3. The van der Waals surface area contributed by atoms with E-state index in [2.05, 4.69) is 0 Å². The summed E-state index contributed by atoms with van der Waals surface area (Å²) in [6, 6.07) is 9.71. The van der Waals surface area contributed by atoms with E-state index in [1.807, 2.05) is 0 Å². The molecule has 0 saturated heterocycles. The zero-order valence-electron chi connectivity index (χ0n) is 15.6. The van der Waals surface area contributed by atoms with Crippen LogP contribution in [0.2, 0.25) is 0 Å². The number of benzene rings is 2. The molecule has 28 heavy (non-hydrogen) atoms. The zero-order chi connectivity index (χ0) is 20.4. The third kappa shape index (κ3) is 3.65. The topological polar surface area (TPSA) is 57.7 Å². The summed E-state index contributed by atoms with van der Waals surface area (Å²) in [6.07, 6.45) is 0.442. The minimum atomic E-state index is -0.962. The number of carbonyl (C=O) groups excluding carboxylic acids is 3. The van der Waals surface area contributed by atoms with E-state index in [9.17, 15) is 23.2 Å². The molecule has 0 aliphatic carbocycles. The molecule has 2 aromatic rings. The monoisotopic (exact) mass is 386 g/mol. The fourth-order valence-electron chi connectivity index (χ4n) is 3.22. The highest BCUT2D eigenvalue weighted by Gasteiger charge is 2.34. The number of carbonyl (C=O) groups is 3. The van der Waals surface area contributed by atoms with Gasteiger partial charge in [0.05, 0.1) is 17.2 Å². The molecule has 0 N–H and O–H groups in total. The number of hydrogen-bond acceptors (Lipinski definition) is 3. The van der Waals surface area contributed by atoms with Gasteiger partial charge in [0, 0.05) is 20.0 Å². The Labute approximate surface area is 161 Å². The SMILES string of the molecule is CC(c1ccc(F)c(F)c1)N(C)C(=O)CCCN1C(=O)c2ccccc2C1=O. The Kier molecular flexibility index (Phi) is 5.53. The van der Waals surface area contributed by atoms with Gasteiger partial charge in [-0.3, -0.25) is 19.3 Å². The Morgan fingerprint density at radius 2 is 1.64 bits per heavy atom. The van der Waals surface area contributed by atoms with Crippen molar-refractivity contribution in [2.45, 2.75) is 25.8 Å². The summed E-state index contributed by atoms with van der Waals surface area (Å²) in [4.78, 5) is 39.6. The molecule has 5 nitrogen and oxygen atoms in total. The van der Waals surface area contributed by atoms with Crippen LogP contribution in [-0.4, -0.2) is 41.1 Å². The Hall–Kier alpha value is -3.09. The lowest BCUT2D eigenvalue weighted by Gasteiger charge is -2.26. The third-order valence-electron chi connectivity index (χ3n) is 5.05. The highest BCUT2D eigenvalue weighted by atomic mass is 19.2. The van der Waals surface area contributed by atoms with Crippen LogP contribution in [-0.2, 0) is 4.79 Å². The first-order valence-electron chi connectivity index (χ1n) is 8.97. The fourth-order valence-corrected chi connectivity index (χ4v) is 3.22. The second-order valence-corrected chi connectivity index (χ2v) is 6.77. The predicted octanol–water partition coefficient (Wildman–Crippen LogP) is 3.56. The molecule has 3 rings (SSSR count). The second kappa shape index (κ2) is 7.88. The number of rotatable bonds is 6. The average molecular weight is 386 g/mol. The quantitative estimate of drug-likeness (QED) is 0.714. The average Bonchev–Trinajstić information content (AvgIpc) is 2.94. The third-order valence-corrected chi connectivity index (χ3v) is 5.05.